The molecule has 0 saturated carbocycles. The summed E-state index contributed by atoms with van der Waals surface area (Å²) in [5.74, 6) is -0.726. The zero-order valence-electron chi connectivity index (χ0n) is 16.7. The number of nitrogens with zero attached hydrogens (tertiary/aromatic N) is 1. The lowest BCUT2D eigenvalue weighted by atomic mass is 10.1. The molecule has 6 nitrogen and oxygen atoms in total. The topological polar surface area (TPSA) is 80.3 Å². The third-order valence-electron chi connectivity index (χ3n) is 4.40. The highest BCUT2D eigenvalue weighted by atomic mass is 16.5. The molecule has 29 heavy (non-hydrogen) atoms. The maximum atomic E-state index is 12.6. The fraction of sp³-hybridized carbons (Fsp3) is 0.174. The molecule has 0 spiro atoms. The number of para-hydroxylation sites is 1. The number of aryl methyl sites for hydroxylation is 2. The number of carbonyl (C=O) groups is 2. The molecule has 6 heteroatoms. The monoisotopic (exact) mass is 389 g/mol. The lowest BCUT2D eigenvalue weighted by Gasteiger charge is -2.13. The summed E-state index contributed by atoms with van der Waals surface area (Å²) in [6.45, 7) is 6.13. The van der Waals surface area contributed by atoms with Crippen LogP contribution in [0.15, 0.2) is 60.8 Å². The predicted octanol–water partition coefficient (Wildman–Crippen LogP) is 4.87. The second kappa shape index (κ2) is 9.01. The Balaban J connectivity index is 1.72. The van der Waals surface area contributed by atoms with E-state index in [0.29, 0.717) is 17.9 Å². The summed E-state index contributed by atoms with van der Waals surface area (Å²) < 4.78 is 4.95. The Labute approximate surface area is 169 Å². The molecule has 0 aliphatic rings. The van der Waals surface area contributed by atoms with Gasteiger partial charge < -0.3 is 15.4 Å². The molecule has 148 valence electrons. The lowest BCUT2D eigenvalue weighted by molar-refractivity contribution is 0.0526. The highest BCUT2D eigenvalue weighted by Gasteiger charge is 2.11. The van der Waals surface area contributed by atoms with E-state index < -0.39 is 5.97 Å². The second-order valence-corrected chi connectivity index (χ2v) is 6.57. The van der Waals surface area contributed by atoms with Gasteiger partial charge in [-0.05, 0) is 68.3 Å². The smallest absolute Gasteiger partial charge is 0.338 e. The van der Waals surface area contributed by atoms with Gasteiger partial charge in [0.1, 0.15) is 5.69 Å². The number of nitrogens with one attached hydrogen (secondary N) is 2. The molecule has 0 unspecified atom stereocenters. The van der Waals surface area contributed by atoms with Crippen LogP contribution in [0, 0.1) is 13.8 Å². The summed E-state index contributed by atoms with van der Waals surface area (Å²) in [4.78, 5) is 28.5. The van der Waals surface area contributed by atoms with E-state index >= 15 is 0 Å². The van der Waals surface area contributed by atoms with Gasteiger partial charge >= 0.3 is 5.97 Å². The largest absolute Gasteiger partial charge is 0.462 e. The van der Waals surface area contributed by atoms with Crippen molar-refractivity contribution in [2.45, 2.75) is 20.8 Å². The first kappa shape index (κ1) is 20.1. The van der Waals surface area contributed by atoms with Gasteiger partial charge in [-0.3, -0.25) is 9.78 Å². The van der Waals surface area contributed by atoms with Crippen LogP contribution in [0.2, 0.25) is 0 Å². The van der Waals surface area contributed by atoms with Crippen LogP contribution in [-0.4, -0.2) is 23.5 Å². The van der Waals surface area contributed by atoms with Gasteiger partial charge in [0.15, 0.2) is 0 Å². The minimum absolute atomic E-state index is 0.288. The molecule has 0 aliphatic heterocycles. The van der Waals surface area contributed by atoms with E-state index in [9.17, 15) is 9.59 Å². The summed E-state index contributed by atoms with van der Waals surface area (Å²) >= 11 is 0. The van der Waals surface area contributed by atoms with Crippen molar-refractivity contribution in [1.29, 1.82) is 0 Å². The third-order valence-corrected chi connectivity index (χ3v) is 4.40. The molecule has 1 aromatic heterocycles. The van der Waals surface area contributed by atoms with Crippen molar-refractivity contribution in [3.63, 3.8) is 0 Å². The Kier molecular flexibility index (Phi) is 6.24. The lowest BCUT2D eigenvalue weighted by Crippen LogP contribution is -2.14. The van der Waals surface area contributed by atoms with Crippen LogP contribution in [0.25, 0.3) is 0 Å². The van der Waals surface area contributed by atoms with E-state index in [1.807, 2.05) is 38.1 Å². The summed E-state index contributed by atoms with van der Waals surface area (Å²) in [5.41, 5.74) is 5.32. The normalized spacial score (nSPS) is 10.3. The number of carbonyl (C=O) groups excluding carboxylic acids is 2. The van der Waals surface area contributed by atoms with Crippen molar-refractivity contribution in [3.8, 4) is 0 Å². The Bertz CT molecular complexity index is 1010. The molecule has 3 rings (SSSR count). The number of hydrogen-bond donors (Lipinski definition) is 2. The number of benzene rings is 2. The third kappa shape index (κ3) is 4.99. The van der Waals surface area contributed by atoms with Crippen molar-refractivity contribution in [3.05, 3.63) is 83.2 Å². The van der Waals surface area contributed by atoms with Gasteiger partial charge in [-0.15, -0.1) is 0 Å². The Morgan fingerprint density at radius 2 is 1.66 bits per heavy atom. The van der Waals surface area contributed by atoms with E-state index in [1.54, 1.807) is 43.5 Å². The number of esters is 1. The van der Waals surface area contributed by atoms with Crippen LogP contribution < -0.4 is 10.6 Å². The molecule has 0 atom stereocenters. The summed E-state index contributed by atoms with van der Waals surface area (Å²) in [7, 11) is 0. The van der Waals surface area contributed by atoms with Crippen LogP contribution in [0.1, 0.15) is 38.9 Å². The van der Waals surface area contributed by atoms with Crippen molar-refractivity contribution in [2.75, 3.05) is 17.2 Å². The number of amides is 1. The van der Waals surface area contributed by atoms with Crippen LogP contribution >= 0.6 is 0 Å². The van der Waals surface area contributed by atoms with Gasteiger partial charge in [0.2, 0.25) is 0 Å². The van der Waals surface area contributed by atoms with Gasteiger partial charge in [0.25, 0.3) is 5.91 Å². The highest BCUT2D eigenvalue weighted by molar-refractivity contribution is 6.03. The number of aromatic nitrogens is 1. The summed E-state index contributed by atoms with van der Waals surface area (Å²) in [6.07, 6.45) is 1.59. The number of anilines is 3. The molecular weight excluding hydrogens is 366 g/mol. The number of ether oxygens (including phenoxy) is 1. The van der Waals surface area contributed by atoms with E-state index in [2.05, 4.69) is 15.6 Å². The highest BCUT2D eigenvalue weighted by Crippen LogP contribution is 2.24. The van der Waals surface area contributed by atoms with Gasteiger partial charge in [-0.2, -0.15) is 0 Å². The molecule has 0 saturated heterocycles. The Morgan fingerprint density at radius 1 is 0.966 bits per heavy atom. The van der Waals surface area contributed by atoms with Gasteiger partial charge in [-0.1, -0.05) is 18.2 Å². The van der Waals surface area contributed by atoms with Crippen LogP contribution in [0.4, 0.5) is 17.1 Å². The first-order chi connectivity index (χ1) is 14.0. The zero-order valence-corrected chi connectivity index (χ0v) is 16.7. The van der Waals surface area contributed by atoms with Crippen LogP contribution in [0.3, 0.4) is 0 Å². The van der Waals surface area contributed by atoms with Crippen LogP contribution in [0.5, 0.6) is 0 Å². The fourth-order valence-electron chi connectivity index (χ4n) is 2.89. The summed E-state index contributed by atoms with van der Waals surface area (Å²) in [6, 6.07) is 16.1. The molecule has 0 radical (unpaired) electrons. The van der Waals surface area contributed by atoms with Crippen molar-refractivity contribution in [1.82, 2.24) is 4.98 Å². The van der Waals surface area contributed by atoms with E-state index in [-0.39, 0.29) is 11.6 Å². The molecule has 3 aromatic rings. The zero-order chi connectivity index (χ0) is 20.8. The molecule has 2 N–H and O–H groups in total. The average molecular weight is 389 g/mol. The molecule has 0 bridgehead atoms. The van der Waals surface area contributed by atoms with Gasteiger partial charge in [0, 0.05) is 23.3 Å². The number of hydrogen-bond acceptors (Lipinski definition) is 5. The molecule has 1 amide bonds. The minimum Gasteiger partial charge on any atom is -0.462 e. The van der Waals surface area contributed by atoms with E-state index in [1.165, 1.54) is 0 Å². The summed E-state index contributed by atoms with van der Waals surface area (Å²) in [5, 5.41) is 6.15. The van der Waals surface area contributed by atoms with Crippen molar-refractivity contribution >= 4 is 28.9 Å². The Hall–Kier alpha value is -3.67. The fourth-order valence-corrected chi connectivity index (χ4v) is 2.89. The SMILES string of the molecule is CCOC(=O)c1ccc(NC(=O)c2cc(Nc3c(C)cccc3C)ccn2)cc1. The molecule has 1 heterocycles. The first-order valence-corrected chi connectivity index (χ1v) is 9.35. The molecule has 2 aromatic carbocycles. The minimum atomic E-state index is -0.391. The number of pyridine rings is 1. The molecule has 0 aliphatic carbocycles. The van der Waals surface area contributed by atoms with E-state index in [0.717, 1.165) is 22.5 Å². The number of rotatable bonds is 6. The second-order valence-electron chi connectivity index (χ2n) is 6.57. The van der Waals surface area contributed by atoms with Gasteiger partial charge in [-0.25, -0.2) is 4.79 Å². The van der Waals surface area contributed by atoms with Gasteiger partial charge in [0.05, 0.1) is 12.2 Å². The standard InChI is InChI=1S/C23H23N3O3/c1-4-29-23(28)17-8-10-18(11-9-17)26-22(27)20-14-19(12-13-24-20)25-21-15(2)6-5-7-16(21)3/h5-14H,4H2,1-3H3,(H,24,25)(H,26,27). The van der Waals surface area contributed by atoms with E-state index in [4.69, 9.17) is 4.74 Å². The maximum Gasteiger partial charge on any atom is 0.338 e. The van der Waals surface area contributed by atoms with Crippen molar-refractivity contribution in [2.24, 2.45) is 0 Å². The quantitative estimate of drug-likeness (QED) is 0.588. The predicted molar refractivity (Wildman–Crippen MR) is 114 cm³/mol. The van der Waals surface area contributed by atoms with Crippen LogP contribution in [-0.2, 0) is 4.74 Å². The Morgan fingerprint density at radius 3 is 2.31 bits per heavy atom. The average Bonchev–Trinajstić information content (AvgIpc) is 2.72. The van der Waals surface area contributed by atoms with Crippen molar-refractivity contribution < 1.29 is 14.3 Å². The molecule has 0 fully saturated rings. The first-order valence-electron chi connectivity index (χ1n) is 9.35. The maximum absolute atomic E-state index is 12.6. The molecular formula is C23H23N3O3.